The summed E-state index contributed by atoms with van der Waals surface area (Å²) >= 11 is 0. The molecule has 1 heterocycles. The molecule has 6 heteroatoms. The number of benzene rings is 8. The highest BCUT2D eigenvalue weighted by molar-refractivity contribution is 6.48. The van der Waals surface area contributed by atoms with Crippen LogP contribution < -0.4 is 10.9 Å². The van der Waals surface area contributed by atoms with Crippen LogP contribution in [0.2, 0.25) is 0 Å². The Morgan fingerprint density at radius 2 is 1.11 bits per heavy atom. The van der Waals surface area contributed by atoms with E-state index in [0.717, 1.165) is 77.7 Å². The summed E-state index contributed by atoms with van der Waals surface area (Å²) in [6.07, 6.45) is 7.63. The topological polar surface area (TPSA) is 73.8 Å². The predicted octanol–water partition coefficient (Wildman–Crippen LogP) is 9.65. The number of fused-ring (bicyclic) bond motifs is 5. The van der Waals surface area contributed by atoms with Crippen molar-refractivity contribution in [3.05, 3.63) is 169 Å². The van der Waals surface area contributed by atoms with Crippen molar-refractivity contribution in [2.75, 3.05) is 0 Å². The molecule has 1 atom stereocenters. The van der Waals surface area contributed by atoms with Crippen molar-refractivity contribution < 1.29 is 19.7 Å². The van der Waals surface area contributed by atoms with E-state index in [-0.39, 0.29) is 17.4 Å². The van der Waals surface area contributed by atoms with Crippen LogP contribution in [0.25, 0.3) is 82.4 Å². The average Bonchev–Trinajstić information content (AvgIpc) is 3.64. The lowest BCUT2D eigenvalue weighted by Crippen LogP contribution is -2.21. The highest BCUT2D eigenvalue weighted by Gasteiger charge is 2.25. The van der Waals surface area contributed by atoms with Gasteiger partial charge >= 0.3 is 0 Å². The fourth-order valence-corrected chi connectivity index (χ4v) is 9.07. The fraction of sp³-hybridized carbons (Fsp3) is 0.0400. The predicted molar refractivity (Wildman–Crippen MR) is 237 cm³/mol. The summed E-state index contributed by atoms with van der Waals surface area (Å²) in [6, 6.07) is 49.0. The number of rotatable bonds is 5. The van der Waals surface area contributed by atoms with Crippen molar-refractivity contribution in [2.45, 2.75) is 12.3 Å². The molecule has 4 nitrogen and oxygen atoms in total. The summed E-state index contributed by atoms with van der Waals surface area (Å²) in [6.45, 7) is 0. The van der Waals surface area contributed by atoms with E-state index in [1.54, 1.807) is 15.7 Å². The van der Waals surface area contributed by atoms with Crippen LogP contribution >= 0.6 is 0 Å². The summed E-state index contributed by atoms with van der Waals surface area (Å²) in [4.78, 5) is 0. The van der Waals surface area contributed by atoms with Gasteiger partial charge in [-0.1, -0.05) is 140 Å². The Morgan fingerprint density at radius 1 is 0.500 bits per heavy atom. The maximum atomic E-state index is 10.9. The van der Waals surface area contributed by atoms with Gasteiger partial charge in [0, 0.05) is 16.7 Å². The van der Waals surface area contributed by atoms with Crippen molar-refractivity contribution in [1.29, 1.82) is 0 Å². The van der Waals surface area contributed by atoms with E-state index >= 15 is 0 Å². The highest BCUT2D eigenvalue weighted by atomic mass is 16.3. The Balaban J connectivity index is 1.14. The van der Waals surface area contributed by atoms with Gasteiger partial charge in [-0.05, 0) is 107 Å². The third kappa shape index (κ3) is 5.17. The van der Waals surface area contributed by atoms with Gasteiger partial charge in [0.1, 0.15) is 26.9 Å². The third-order valence-corrected chi connectivity index (χ3v) is 11.7. The second-order valence-corrected chi connectivity index (χ2v) is 14.8. The molecule has 1 aromatic heterocycles. The van der Waals surface area contributed by atoms with Crippen molar-refractivity contribution in [3.63, 3.8) is 0 Å². The first-order valence-corrected chi connectivity index (χ1v) is 19.0. The van der Waals surface area contributed by atoms with Crippen LogP contribution in [0.5, 0.6) is 17.2 Å². The zero-order valence-electron chi connectivity index (χ0n) is 31.0. The summed E-state index contributed by atoms with van der Waals surface area (Å²) in [5.74, 6) is -0.865. The van der Waals surface area contributed by atoms with Crippen LogP contribution in [-0.4, -0.2) is 31.0 Å². The lowest BCUT2D eigenvalue weighted by atomic mass is 9.73. The third-order valence-electron chi connectivity index (χ3n) is 11.7. The smallest absolute Gasteiger partial charge is 0.199 e. The SMILES string of the molecule is Bc1c(O)c(O)c(O)c(B)c1-c1c2ccccc2c(-c2cccc3oc4cc(-c5cccc(C6CC=CC=C6c6ccccc6)c5)ccc4c23)c2ccccc12. The van der Waals surface area contributed by atoms with E-state index in [1.165, 1.54) is 16.7 Å². The Bertz CT molecular complexity index is 3030. The molecule has 0 saturated carbocycles. The number of furan rings is 1. The van der Waals surface area contributed by atoms with Crippen molar-refractivity contribution in [2.24, 2.45) is 0 Å². The first-order chi connectivity index (χ1) is 27.4. The minimum Gasteiger partial charge on any atom is -0.505 e. The van der Waals surface area contributed by atoms with E-state index < -0.39 is 5.75 Å². The fourth-order valence-electron chi connectivity index (χ4n) is 9.07. The molecule has 0 aliphatic heterocycles. The maximum Gasteiger partial charge on any atom is 0.199 e. The number of hydrogen-bond acceptors (Lipinski definition) is 4. The molecule has 8 aromatic carbocycles. The summed E-state index contributed by atoms with van der Waals surface area (Å²) in [5.41, 5.74) is 12.5. The molecule has 1 aliphatic carbocycles. The van der Waals surface area contributed by atoms with E-state index in [0.29, 0.717) is 16.5 Å². The Labute approximate surface area is 326 Å². The summed E-state index contributed by atoms with van der Waals surface area (Å²) < 4.78 is 6.69. The molecule has 0 radical (unpaired) electrons. The van der Waals surface area contributed by atoms with Gasteiger partial charge in [-0.25, -0.2) is 0 Å². The zero-order chi connectivity index (χ0) is 38.1. The van der Waals surface area contributed by atoms with Crippen LogP contribution in [0, 0.1) is 0 Å². The summed E-state index contributed by atoms with van der Waals surface area (Å²) in [5, 5.41) is 38.4. The molecule has 1 unspecified atom stereocenters. The van der Waals surface area contributed by atoms with E-state index in [4.69, 9.17) is 4.42 Å². The largest absolute Gasteiger partial charge is 0.505 e. The normalized spacial score (nSPS) is 14.2. The van der Waals surface area contributed by atoms with Crippen LogP contribution in [0.1, 0.15) is 23.5 Å². The number of allylic oxidation sites excluding steroid dienone is 4. The van der Waals surface area contributed by atoms with Crippen molar-refractivity contribution in [3.8, 4) is 50.6 Å². The first kappa shape index (κ1) is 33.6. The standard InChI is InChI=1S/C50H36B2O4/c51-46-45(47(52)49(54)50(55)48(46)53)44-36-20-8-6-18-34(36)42(35-19-7-9-21-37(35)44)39-22-11-23-40-43(39)38-25-24-30(27-41(38)56-40)29-14-10-15-31(26-29)33-17-5-4-16-32(33)28-12-2-1-3-13-28/h1-16,18-27,33,53-55H,17,51-52H2. The number of phenols is 3. The Morgan fingerprint density at radius 3 is 1.80 bits per heavy atom. The van der Waals surface area contributed by atoms with Crippen molar-refractivity contribution in [1.82, 2.24) is 0 Å². The van der Waals surface area contributed by atoms with Gasteiger partial charge in [0.25, 0.3) is 0 Å². The maximum absolute atomic E-state index is 10.9. The van der Waals surface area contributed by atoms with Gasteiger partial charge in [0.05, 0.1) is 0 Å². The van der Waals surface area contributed by atoms with Crippen LogP contribution in [0.4, 0.5) is 0 Å². The van der Waals surface area contributed by atoms with E-state index in [2.05, 4.69) is 127 Å². The number of hydrogen-bond donors (Lipinski definition) is 3. The van der Waals surface area contributed by atoms with E-state index in [1.807, 2.05) is 30.3 Å². The second kappa shape index (κ2) is 13.1. The molecule has 0 bridgehead atoms. The highest BCUT2D eigenvalue weighted by Crippen LogP contribution is 2.48. The molecular formula is C50H36B2O4. The molecule has 0 fully saturated rings. The molecule has 56 heavy (non-hydrogen) atoms. The minimum absolute atomic E-state index is 0.272. The average molecular weight is 722 g/mol. The number of phenolic OH excluding ortho intramolecular Hbond substituents is 3. The molecule has 0 amide bonds. The lowest BCUT2D eigenvalue weighted by Gasteiger charge is -2.23. The lowest BCUT2D eigenvalue weighted by molar-refractivity contribution is 0.372. The van der Waals surface area contributed by atoms with Gasteiger partial charge in [-0.3, -0.25) is 0 Å². The van der Waals surface area contributed by atoms with Gasteiger partial charge in [-0.2, -0.15) is 0 Å². The van der Waals surface area contributed by atoms with Gasteiger partial charge in [0.2, 0.25) is 0 Å². The van der Waals surface area contributed by atoms with Gasteiger partial charge in [-0.15, -0.1) is 0 Å². The monoisotopic (exact) mass is 722 g/mol. The molecule has 0 spiro atoms. The summed E-state index contributed by atoms with van der Waals surface area (Å²) in [7, 11) is 3.56. The molecule has 10 rings (SSSR count). The van der Waals surface area contributed by atoms with Crippen LogP contribution in [-0.2, 0) is 0 Å². The van der Waals surface area contributed by atoms with Crippen LogP contribution in [0.15, 0.2) is 162 Å². The molecule has 9 aromatic rings. The van der Waals surface area contributed by atoms with Crippen LogP contribution in [0.3, 0.4) is 0 Å². The molecule has 3 N–H and O–H groups in total. The molecule has 1 aliphatic rings. The number of aromatic hydroxyl groups is 3. The van der Waals surface area contributed by atoms with Gasteiger partial charge < -0.3 is 19.7 Å². The molecular weight excluding hydrogens is 686 g/mol. The first-order valence-electron chi connectivity index (χ1n) is 19.0. The molecule has 0 saturated heterocycles. The molecule has 266 valence electrons. The van der Waals surface area contributed by atoms with Crippen molar-refractivity contribution >= 4 is 75.7 Å². The van der Waals surface area contributed by atoms with Gasteiger partial charge in [0.15, 0.2) is 17.2 Å². The zero-order valence-corrected chi connectivity index (χ0v) is 31.0. The van der Waals surface area contributed by atoms with E-state index in [9.17, 15) is 15.3 Å². The second-order valence-electron chi connectivity index (χ2n) is 14.8. The Hall–Kier alpha value is -6.91. The Kier molecular flexibility index (Phi) is 7.89. The minimum atomic E-state index is -0.501. The quantitative estimate of drug-likeness (QED) is 0.0940.